The van der Waals surface area contributed by atoms with Gasteiger partial charge in [0.25, 0.3) is 0 Å². The van der Waals surface area contributed by atoms with Crippen molar-refractivity contribution in [2.75, 3.05) is 5.32 Å². The molecule has 0 amide bonds. The highest BCUT2D eigenvalue weighted by Gasteiger charge is 2.19. The maximum absolute atomic E-state index is 12.7. The van der Waals surface area contributed by atoms with Gasteiger partial charge < -0.3 is 15.0 Å². The summed E-state index contributed by atoms with van der Waals surface area (Å²) in [5.41, 5.74) is 3.59. The normalized spacial score (nSPS) is 12.7. The quantitative estimate of drug-likeness (QED) is 0.544. The summed E-state index contributed by atoms with van der Waals surface area (Å²) in [5.74, 6) is -0.950. The molecule has 0 saturated heterocycles. The van der Waals surface area contributed by atoms with Crippen molar-refractivity contribution in [2.24, 2.45) is 0 Å². The summed E-state index contributed by atoms with van der Waals surface area (Å²) in [6.45, 7) is 0. The Hall–Kier alpha value is -4.00. The maximum atomic E-state index is 12.7. The first-order valence-electron chi connectivity index (χ1n) is 9.70. The van der Waals surface area contributed by atoms with Crippen LogP contribution in [0.15, 0.2) is 65.7 Å². The molecule has 0 fully saturated rings. The van der Waals surface area contributed by atoms with Crippen LogP contribution in [0.3, 0.4) is 0 Å². The highest BCUT2D eigenvalue weighted by molar-refractivity contribution is 5.92. The van der Waals surface area contributed by atoms with Crippen molar-refractivity contribution in [3.63, 3.8) is 0 Å². The lowest BCUT2D eigenvalue weighted by Crippen LogP contribution is -2.19. The summed E-state index contributed by atoms with van der Waals surface area (Å²) in [6, 6.07) is 15.5. The van der Waals surface area contributed by atoms with Crippen molar-refractivity contribution in [3.8, 4) is 5.69 Å². The van der Waals surface area contributed by atoms with Crippen molar-refractivity contribution in [2.45, 2.75) is 19.3 Å². The van der Waals surface area contributed by atoms with Crippen molar-refractivity contribution in [1.29, 1.82) is 0 Å². The number of nitrogens with zero attached hydrogens (tertiary/aromatic N) is 3. The predicted octanol–water partition coefficient (Wildman–Crippen LogP) is 3.71. The summed E-state index contributed by atoms with van der Waals surface area (Å²) in [5, 5.41) is 12.8. The third-order valence-corrected chi connectivity index (χ3v) is 5.36. The molecule has 4 aromatic rings. The third kappa shape index (κ3) is 3.10. The van der Waals surface area contributed by atoms with Gasteiger partial charge in [-0.15, -0.1) is 0 Å². The topological polar surface area (TPSA) is 97.1 Å². The molecule has 30 heavy (non-hydrogen) atoms. The Labute approximate surface area is 171 Å². The molecule has 0 radical (unpaired) electrons. The van der Waals surface area contributed by atoms with E-state index in [1.165, 1.54) is 23.5 Å². The van der Waals surface area contributed by atoms with E-state index in [0.29, 0.717) is 11.6 Å². The average molecular weight is 398 g/mol. The molecular weight excluding hydrogens is 380 g/mol. The second-order valence-electron chi connectivity index (χ2n) is 7.28. The van der Waals surface area contributed by atoms with Crippen LogP contribution in [0.4, 0.5) is 11.6 Å². The van der Waals surface area contributed by atoms with Crippen LogP contribution in [-0.4, -0.2) is 25.6 Å². The van der Waals surface area contributed by atoms with Crippen molar-refractivity contribution in [3.05, 3.63) is 87.8 Å². The third-order valence-electron chi connectivity index (χ3n) is 5.36. The number of aromatic carboxylic acids is 1. The second kappa shape index (κ2) is 7.11. The number of carboxylic acid groups (broad SMARTS) is 1. The molecule has 2 aromatic heterocycles. The molecule has 2 heterocycles. The Kier molecular flexibility index (Phi) is 4.28. The monoisotopic (exact) mass is 398 g/mol. The molecular formula is C23H18N4O3. The molecule has 0 saturated carbocycles. The molecule has 7 heteroatoms. The lowest BCUT2D eigenvalue weighted by molar-refractivity contribution is 0.0695. The number of pyridine rings is 1. The van der Waals surface area contributed by atoms with E-state index in [1.807, 2.05) is 42.5 Å². The van der Waals surface area contributed by atoms with Crippen LogP contribution in [0.25, 0.3) is 16.7 Å². The number of para-hydroxylation sites is 1. The van der Waals surface area contributed by atoms with E-state index in [0.717, 1.165) is 30.6 Å². The Bertz CT molecular complexity index is 1350. The lowest BCUT2D eigenvalue weighted by atomic mass is 10.1. The molecule has 0 unspecified atom stereocenters. The minimum atomic E-state index is -1.27. The predicted molar refractivity (Wildman–Crippen MR) is 114 cm³/mol. The first kappa shape index (κ1) is 18.1. The number of fused-ring (bicyclic) bond motifs is 2. The van der Waals surface area contributed by atoms with E-state index in [4.69, 9.17) is 0 Å². The summed E-state index contributed by atoms with van der Waals surface area (Å²) >= 11 is 0. The number of nitrogens with one attached hydrogen (secondary N) is 1. The van der Waals surface area contributed by atoms with E-state index in [-0.39, 0.29) is 10.9 Å². The fourth-order valence-electron chi connectivity index (χ4n) is 3.88. The Morgan fingerprint density at radius 1 is 1.07 bits per heavy atom. The van der Waals surface area contributed by atoms with Gasteiger partial charge in [0.05, 0.1) is 5.39 Å². The van der Waals surface area contributed by atoms with Gasteiger partial charge in [-0.3, -0.25) is 4.79 Å². The van der Waals surface area contributed by atoms with Gasteiger partial charge in [-0.25, -0.2) is 9.78 Å². The number of benzene rings is 2. The summed E-state index contributed by atoms with van der Waals surface area (Å²) in [7, 11) is 0. The van der Waals surface area contributed by atoms with Crippen LogP contribution in [0.2, 0.25) is 0 Å². The van der Waals surface area contributed by atoms with Crippen LogP contribution >= 0.6 is 0 Å². The molecule has 2 aromatic carbocycles. The molecule has 2 N–H and O–H groups in total. The first-order chi connectivity index (χ1) is 14.6. The van der Waals surface area contributed by atoms with Crippen LogP contribution in [0.1, 0.15) is 27.9 Å². The fraction of sp³-hybridized carbons (Fsp3) is 0.130. The molecule has 7 nitrogen and oxygen atoms in total. The van der Waals surface area contributed by atoms with Gasteiger partial charge in [0.2, 0.25) is 11.4 Å². The molecule has 0 atom stereocenters. The van der Waals surface area contributed by atoms with Crippen LogP contribution < -0.4 is 10.7 Å². The van der Waals surface area contributed by atoms with Crippen LogP contribution in [0.5, 0.6) is 0 Å². The molecule has 0 bridgehead atoms. The minimum absolute atomic E-state index is 0.161. The fourth-order valence-corrected chi connectivity index (χ4v) is 3.88. The molecule has 1 aliphatic carbocycles. The molecule has 1 aliphatic rings. The number of aromatic nitrogens is 3. The number of carboxylic acids is 1. The Balaban J connectivity index is 1.72. The Morgan fingerprint density at radius 2 is 1.87 bits per heavy atom. The van der Waals surface area contributed by atoms with Gasteiger partial charge in [-0.1, -0.05) is 24.3 Å². The number of hydrogen-bond donors (Lipinski definition) is 2. The zero-order valence-corrected chi connectivity index (χ0v) is 16.0. The minimum Gasteiger partial charge on any atom is -0.477 e. The number of hydrogen-bond acceptors (Lipinski definition) is 5. The summed E-state index contributed by atoms with van der Waals surface area (Å²) in [4.78, 5) is 33.2. The largest absolute Gasteiger partial charge is 0.477 e. The smallest absolute Gasteiger partial charge is 0.341 e. The average Bonchev–Trinajstić information content (AvgIpc) is 3.22. The van der Waals surface area contributed by atoms with E-state index in [1.54, 1.807) is 4.57 Å². The van der Waals surface area contributed by atoms with Crippen molar-refractivity contribution < 1.29 is 9.90 Å². The second-order valence-corrected chi connectivity index (χ2v) is 7.28. The van der Waals surface area contributed by atoms with Gasteiger partial charge in [0.15, 0.2) is 5.65 Å². The van der Waals surface area contributed by atoms with Crippen LogP contribution in [0, 0.1) is 0 Å². The van der Waals surface area contributed by atoms with Gasteiger partial charge >= 0.3 is 5.97 Å². The van der Waals surface area contributed by atoms with Crippen molar-refractivity contribution in [1.82, 2.24) is 14.5 Å². The number of carbonyl (C=O) groups is 1. The highest BCUT2D eigenvalue weighted by Crippen LogP contribution is 2.26. The van der Waals surface area contributed by atoms with Gasteiger partial charge in [-0.2, -0.15) is 4.98 Å². The van der Waals surface area contributed by atoms with Gasteiger partial charge in [0, 0.05) is 23.8 Å². The maximum Gasteiger partial charge on any atom is 0.341 e. The van der Waals surface area contributed by atoms with Gasteiger partial charge in [0.1, 0.15) is 5.56 Å². The van der Waals surface area contributed by atoms with Crippen LogP contribution in [-0.2, 0) is 12.8 Å². The molecule has 0 aliphatic heterocycles. The molecule has 5 rings (SSSR count). The highest BCUT2D eigenvalue weighted by atomic mass is 16.4. The number of anilines is 2. The summed E-state index contributed by atoms with van der Waals surface area (Å²) < 4.78 is 1.66. The van der Waals surface area contributed by atoms with E-state index >= 15 is 0 Å². The number of aryl methyl sites for hydroxylation is 2. The Morgan fingerprint density at radius 3 is 2.67 bits per heavy atom. The van der Waals surface area contributed by atoms with E-state index in [9.17, 15) is 14.7 Å². The lowest BCUT2D eigenvalue weighted by Gasteiger charge is -2.14. The zero-order chi connectivity index (χ0) is 20.7. The molecule has 148 valence electrons. The SMILES string of the molecule is O=C(O)c1cn(-c2ccc3c(c2)CCC3)c2nc(Nc3ccccc3)ncc2c1=O. The van der Waals surface area contributed by atoms with Crippen molar-refractivity contribution >= 4 is 28.6 Å². The van der Waals surface area contributed by atoms with E-state index in [2.05, 4.69) is 21.4 Å². The summed E-state index contributed by atoms with van der Waals surface area (Å²) in [6.07, 6.45) is 5.88. The number of rotatable bonds is 4. The van der Waals surface area contributed by atoms with Gasteiger partial charge in [-0.05, 0) is 54.7 Å². The zero-order valence-electron chi connectivity index (χ0n) is 16.0. The first-order valence-corrected chi connectivity index (χ1v) is 9.70. The standard InChI is InChI=1S/C23H18N4O3/c28-20-18-12-24-23(25-16-7-2-1-3-8-16)26-21(18)27(13-19(20)22(29)30)17-10-9-14-5-4-6-15(14)11-17/h1-3,7-13H,4-6H2,(H,29,30)(H,24,25,26). The molecule has 0 spiro atoms. The van der Waals surface area contributed by atoms with E-state index < -0.39 is 11.4 Å².